The van der Waals surface area contributed by atoms with Crippen LogP contribution in [0.25, 0.3) is 0 Å². The van der Waals surface area contributed by atoms with Gasteiger partial charge in [0.1, 0.15) is 5.75 Å². The van der Waals surface area contributed by atoms with E-state index in [2.05, 4.69) is 15.9 Å². The molecule has 1 unspecified atom stereocenters. The number of ether oxygens (including phenoxy) is 2. The summed E-state index contributed by atoms with van der Waals surface area (Å²) in [5.74, 6) is 0.189. The molecule has 0 radical (unpaired) electrons. The molecule has 0 saturated carbocycles. The lowest BCUT2D eigenvalue weighted by Gasteiger charge is -2.09. The highest BCUT2D eigenvalue weighted by Gasteiger charge is 2.21. The van der Waals surface area contributed by atoms with Crippen LogP contribution in [0, 0.1) is 0 Å². The number of carbonyl (C=O) groups excluding carboxylic acids is 2. The summed E-state index contributed by atoms with van der Waals surface area (Å²) in [6.07, 6.45) is 1.84. The quantitative estimate of drug-likeness (QED) is 0.314. The Balaban J connectivity index is 2.51. The van der Waals surface area contributed by atoms with E-state index in [1.54, 1.807) is 31.4 Å². The highest BCUT2D eigenvalue weighted by molar-refractivity contribution is 9.10. The maximum Gasteiger partial charge on any atom is 0.307 e. The van der Waals surface area contributed by atoms with E-state index in [-0.39, 0.29) is 18.2 Å². The van der Waals surface area contributed by atoms with Crippen molar-refractivity contribution in [1.82, 2.24) is 0 Å². The van der Waals surface area contributed by atoms with E-state index < -0.39 is 4.83 Å². The first kappa shape index (κ1) is 16.7. The minimum atomic E-state index is -0.565. The average Bonchev–Trinajstić information content (AvgIpc) is 2.46. The summed E-state index contributed by atoms with van der Waals surface area (Å²) >= 11 is 3.24. The Labute approximate surface area is 127 Å². The number of halogens is 1. The number of hydrogen-bond donors (Lipinski definition) is 0. The van der Waals surface area contributed by atoms with Gasteiger partial charge in [0.25, 0.3) is 0 Å². The van der Waals surface area contributed by atoms with Crippen molar-refractivity contribution in [2.45, 2.75) is 31.0 Å². The molecule has 110 valence electrons. The summed E-state index contributed by atoms with van der Waals surface area (Å²) in [6, 6.07) is 6.79. The van der Waals surface area contributed by atoms with Crippen LogP contribution in [0.2, 0.25) is 0 Å². The molecule has 1 atom stereocenters. The van der Waals surface area contributed by atoms with Gasteiger partial charge >= 0.3 is 5.97 Å². The van der Waals surface area contributed by atoms with E-state index in [1.165, 1.54) is 0 Å². The Hall–Kier alpha value is -1.36. The smallest absolute Gasteiger partial charge is 0.307 e. The highest BCUT2D eigenvalue weighted by atomic mass is 79.9. The average molecular weight is 343 g/mol. The number of esters is 1. The zero-order valence-electron chi connectivity index (χ0n) is 11.7. The van der Waals surface area contributed by atoms with E-state index in [0.29, 0.717) is 17.9 Å². The number of ketones is 1. The number of Topliss-reactive ketones (excluding diaryl/α,β-unsaturated/α-hetero) is 1. The molecule has 0 saturated heterocycles. The normalized spacial score (nSPS) is 11.8. The Morgan fingerprint density at radius 1 is 1.25 bits per heavy atom. The SMILES string of the molecule is CCCCOC(=O)CC(Br)C(=O)c1ccc(OC)cc1. The molecule has 5 heteroatoms. The van der Waals surface area contributed by atoms with E-state index in [4.69, 9.17) is 9.47 Å². The van der Waals surface area contributed by atoms with Gasteiger partial charge in [-0.15, -0.1) is 0 Å². The molecule has 20 heavy (non-hydrogen) atoms. The second kappa shape index (κ2) is 8.74. The number of carbonyl (C=O) groups is 2. The van der Waals surface area contributed by atoms with Crippen molar-refractivity contribution in [3.05, 3.63) is 29.8 Å². The predicted octanol–water partition coefficient (Wildman–Crippen LogP) is 3.37. The first-order chi connectivity index (χ1) is 9.58. The lowest BCUT2D eigenvalue weighted by atomic mass is 10.1. The summed E-state index contributed by atoms with van der Waals surface area (Å²) in [7, 11) is 1.57. The number of rotatable bonds is 8. The molecule has 0 N–H and O–H groups in total. The maximum atomic E-state index is 12.1. The third-order valence-electron chi connectivity index (χ3n) is 2.77. The number of hydrogen-bond acceptors (Lipinski definition) is 4. The van der Waals surface area contributed by atoms with Crippen LogP contribution in [-0.2, 0) is 9.53 Å². The monoisotopic (exact) mass is 342 g/mol. The van der Waals surface area contributed by atoms with Gasteiger partial charge in [0, 0.05) is 5.56 Å². The molecule has 0 aromatic heterocycles. The van der Waals surface area contributed by atoms with E-state index >= 15 is 0 Å². The van der Waals surface area contributed by atoms with Crippen molar-refractivity contribution in [2.24, 2.45) is 0 Å². The van der Waals surface area contributed by atoms with E-state index in [0.717, 1.165) is 12.8 Å². The molecule has 1 aromatic carbocycles. The molecular formula is C15H19BrO4. The van der Waals surface area contributed by atoms with Gasteiger partial charge in [0.2, 0.25) is 0 Å². The number of unbranched alkanes of at least 4 members (excludes halogenated alkanes) is 1. The lowest BCUT2D eigenvalue weighted by molar-refractivity contribution is -0.143. The van der Waals surface area contributed by atoms with Gasteiger partial charge in [-0.05, 0) is 30.7 Å². The van der Waals surface area contributed by atoms with Crippen molar-refractivity contribution < 1.29 is 19.1 Å². The van der Waals surface area contributed by atoms with Crippen molar-refractivity contribution in [1.29, 1.82) is 0 Å². The molecule has 0 spiro atoms. The molecule has 0 aliphatic carbocycles. The predicted molar refractivity (Wildman–Crippen MR) is 80.5 cm³/mol. The van der Waals surface area contributed by atoms with Crippen LogP contribution in [0.1, 0.15) is 36.5 Å². The van der Waals surface area contributed by atoms with Crippen LogP contribution in [0.4, 0.5) is 0 Å². The zero-order chi connectivity index (χ0) is 15.0. The van der Waals surface area contributed by atoms with Gasteiger partial charge in [0.05, 0.1) is 25.0 Å². The van der Waals surface area contributed by atoms with E-state index in [9.17, 15) is 9.59 Å². The lowest BCUT2D eigenvalue weighted by Crippen LogP contribution is -2.20. The van der Waals surface area contributed by atoms with Gasteiger partial charge in [-0.25, -0.2) is 0 Å². The van der Waals surface area contributed by atoms with Crippen molar-refractivity contribution in [3.8, 4) is 5.75 Å². The van der Waals surface area contributed by atoms with Crippen LogP contribution in [-0.4, -0.2) is 30.3 Å². The zero-order valence-corrected chi connectivity index (χ0v) is 13.3. The Bertz CT molecular complexity index is 442. The second-order valence-electron chi connectivity index (χ2n) is 4.34. The summed E-state index contributed by atoms with van der Waals surface area (Å²) in [6.45, 7) is 2.43. The first-order valence-corrected chi connectivity index (χ1v) is 7.48. The van der Waals surface area contributed by atoms with Gasteiger partial charge < -0.3 is 9.47 Å². The summed E-state index contributed by atoms with van der Waals surface area (Å²) in [4.78, 5) is 23.1. The molecule has 0 aliphatic heterocycles. The highest BCUT2D eigenvalue weighted by Crippen LogP contribution is 2.17. The third kappa shape index (κ3) is 5.33. The molecule has 4 nitrogen and oxygen atoms in total. The third-order valence-corrected chi connectivity index (χ3v) is 3.51. The summed E-state index contributed by atoms with van der Waals surface area (Å²) < 4.78 is 10.1. The van der Waals surface area contributed by atoms with Crippen molar-refractivity contribution in [2.75, 3.05) is 13.7 Å². The van der Waals surface area contributed by atoms with Gasteiger partial charge in [0.15, 0.2) is 5.78 Å². The largest absolute Gasteiger partial charge is 0.497 e. The molecule has 0 fully saturated rings. The standard InChI is InChI=1S/C15H19BrO4/c1-3-4-9-20-14(17)10-13(16)15(18)11-5-7-12(19-2)8-6-11/h5-8,13H,3-4,9-10H2,1-2H3. The minimum Gasteiger partial charge on any atom is -0.497 e. The molecule has 1 rings (SSSR count). The molecule has 0 bridgehead atoms. The number of alkyl halides is 1. The fourth-order valence-electron chi connectivity index (χ4n) is 1.56. The Kier molecular flexibility index (Phi) is 7.30. The number of methoxy groups -OCH3 is 1. The minimum absolute atomic E-state index is 0.0363. The number of benzene rings is 1. The van der Waals surface area contributed by atoms with Gasteiger partial charge in [-0.2, -0.15) is 0 Å². The molecule has 0 aliphatic rings. The van der Waals surface area contributed by atoms with Crippen LogP contribution < -0.4 is 4.74 Å². The summed E-state index contributed by atoms with van der Waals surface area (Å²) in [5.41, 5.74) is 0.536. The molecular weight excluding hydrogens is 324 g/mol. The fourth-order valence-corrected chi connectivity index (χ4v) is 2.09. The van der Waals surface area contributed by atoms with Crippen molar-refractivity contribution in [3.63, 3.8) is 0 Å². The van der Waals surface area contributed by atoms with E-state index in [1.807, 2.05) is 6.92 Å². The molecule has 0 heterocycles. The van der Waals surface area contributed by atoms with Crippen LogP contribution in [0.3, 0.4) is 0 Å². The summed E-state index contributed by atoms with van der Waals surface area (Å²) in [5, 5.41) is 0. The second-order valence-corrected chi connectivity index (χ2v) is 5.44. The Morgan fingerprint density at radius 2 is 1.90 bits per heavy atom. The fraction of sp³-hybridized carbons (Fsp3) is 0.467. The Morgan fingerprint density at radius 3 is 2.45 bits per heavy atom. The van der Waals surface area contributed by atoms with Crippen molar-refractivity contribution >= 4 is 27.7 Å². The van der Waals surface area contributed by atoms with Crippen LogP contribution >= 0.6 is 15.9 Å². The molecule has 1 aromatic rings. The first-order valence-electron chi connectivity index (χ1n) is 6.56. The maximum absolute atomic E-state index is 12.1. The van der Waals surface area contributed by atoms with Gasteiger partial charge in [-0.1, -0.05) is 29.3 Å². The topological polar surface area (TPSA) is 52.6 Å². The van der Waals surface area contributed by atoms with Gasteiger partial charge in [-0.3, -0.25) is 9.59 Å². The van der Waals surface area contributed by atoms with Crippen LogP contribution in [0.5, 0.6) is 5.75 Å². The van der Waals surface area contributed by atoms with Crippen LogP contribution in [0.15, 0.2) is 24.3 Å². The molecule has 0 amide bonds.